The number of anilines is 1. The number of carbonyl (C=O) groups excluding carboxylic acids is 1. The van der Waals surface area contributed by atoms with Gasteiger partial charge in [0.1, 0.15) is 5.82 Å². The van der Waals surface area contributed by atoms with Crippen molar-refractivity contribution in [2.24, 2.45) is 5.73 Å². The molecule has 0 saturated heterocycles. The van der Waals surface area contributed by atoms with Crippen molar-refractivity contribution < 1.29 is 14.3 Å². The Balaban J connectivity index is 2.98. The smallest absolute Gasteiger partial charge is 0.248 e. The van der Waals surface area contributed by atoms with Crippen LogP contribution in [-0.4, -0.2) is 22.7 Å². The van der Waals surface area contributed by atoms with Gasteiger partial charge in [0, 0.05) is 5.56 Å². The number of hydrogen-bond acceptors (Lipinski definition) is 3. The summed E-state index contributed by atoms with van der Waals surface area (Å²) in [5, 5.41) is 12.6. The maximum absolute atomic E-state index is 13.5. The van der Waals surface area contributed by atoms with Crippen LogP contribution in [0.1, 0.15) is 31.1 Å². The lowest BCUT2D eigenvalue weighted by molar-refractivity contribution is 0.0648. The molecule has 0 aliphatic heterocycles. The van der Waals surface area contributed by atoms with Gasteiger partial charge in [0.15, 0.2) is 0 Å². The predicted molar refractivity (Wildman–Crippen MR) is 64.3 cm³/mol. The molecule has 0 aliphatic carbocycles. The highest BCUT2D eigenvalue weighted by molar-refractivity contribution is 5.93. The van der Waals surface area contributed by atoms with Crippen molar-refractivity contribution in [1.29, 1.82) is 0 Å². The molecule has 0 radical (unpaired) electrons. The van der Waals surface area contributed by atoms with Crippen LogP contribution in [0.15, 0.2) is 18.2 Å². The van der Waals surface area contributed by atoms with E-state index in [2.05, 4.69) is 5.32 Å². The first kappa shape index (κ1) is 13.4. The van der Waals surface area contributed by atoms with Crippen molar-refractivity contribution in [3.8, 4) is 0 Å². The first-order chi connectivity index (χ1) is 7.71. The van der Waals surface area contributed by atoms with Crippen LogP contribution in [0.3, 0.4) is 0 Å². The van der Waals surface area contributed by atoms with Crippen LogP contribution in [0.2, 0.25) is 0 Å². The summed E-state index contributed by atoms with van der Waals surface area (Å²) in [7, 11) is 0. The molecule has 4 nitrogen and oxygen atoms in total. The van der Waals surface area contributed by atoms with Gasteiger partial charge in [-0.2, -0.15) is 0 Å². The Morgan fingerprint density at radius 1 is 1.53 bits per heavy atom. The fraction of sp³-hybridized carbons (Fsp3) is 0.417. The average molecular weight is 240 g/mol. The molecule has 4 N–H and O–H groups in total. The monoisotopic (exact) mass is 240 g/mol. The summed E-state index contributed by atoms with van der Waals surface area (Å²) in [4.78, 5) is 11.0. The second-order valence-electron chi connectivity index (χ2n) is 4.58. The van der Waals surface area contributed by atoms with Crippen LogP contribution in [0.4, 0.5) is 10.1 Å². The number of amides is 1. The Bertz CT molecular complexity index is 427. The van der Waals surface area contributed by atoms with Gasteiger partial charge in [-0.3, -0.25) is 4.79 Å². The fourth-order valence-electron chi connectivity index (χ4n) is 1.20. The van der Waals surface area contributed by atoms with E-state index in [-0.39, 0.29) is 17.3 Å². The number of benzene rings is 1. The molecule has 1 aromatic carbocycles. The lowest BCUT2D eigenvalue weighted by atomic mass is 10.0. The first-order valence-electron chi connectivity index (χ1n) is 5.30. The molecule has 5 heteroatoms. The zero-order valence-corrected chi connectivity index (χ0v) is 10.1. The van der Waals surface area contributed by atoms with Crippen LogP contribution in [0.5, 0.6) is 0 Å². The van der Waals surface area contributed by atoms with Crippen molar-refractivity contribution in [2.75, 3.05) is 5.32 Å². The second-order valence-corrected chi connectivity index (χ2v) is 4.58. The van der Waals surface area contributed by atoms with E-state index in [0.717, 1.165) is 0 Å². The van der Waals surface area contributed by atoms with E-state index >= 15 is 0 Å². The molecule has 1 amide bonds. The van der Waals surface area contributed by atoms with Gasteiger partial charge >= 0.3 is 0 Å². The van der Waals surface area contributed by atoms with Gasteiger partial charge in [-0.25, -0.2) is 4.39 Å². The maximum Gasteiger partial charge on any atom is 0.248 e. The third-order valence-corrected chi connectivity index (χ3v) is 2.68. The third-order valence-electron chi connectivity index (χ3n) is 2.68. The molecule has 1 aromatic rings. The van der Waals surface area contributed by atoms with Gasteiger partial charge in [0.05, 0.1) is 17.3 Å². The van der Waals surface area contributed by atoms with Crippen molar-refractivity contribution in [1.82, 2.24) is 0 Å². The summed E-state index contributed by atoms with van der Waals surface area (Å²) in [5.74, 6) is -1.12. The Morgan fingerprint density at radius 2 is 2.12 bits per heavy atom. The largest absolute Gasteiger partial charge is 0.388 e. The number of aliphatic hydroxyl groups is 1. The number of halogens is 1. The normalized spacial score (nSPS) is 13.2. The minimum absolute atomic E-state index is 0.149. The van der Waals surface area contributed by atoms with Crippen LogP contribution in [0.25, 0.3) is 0 Å². The van der Waals surface area contributed by atoms with Crippen molar-refractivity contribution in [3.63, 3.8) is 0 Å². The van der Waals surface area contributed by atoms with E-state index < -0.39 is 17.3 Å². The summed E-state index contributed by atoms with van der Waals surface area (Å²) < 4.78 is 13.5. The summed E-state index contributed by atoms with van der Waals surface area (Å²) in [6, 6.07) is 3.44. The molecule has 94 valence electrons. The van der Waals surface area contributed by atoms with Crippen LogP contribution >= 0.6 is 0 Å². The van der Waals surface area contributed by atoms with Gasteiger partial charge in [0.2, 0.25) is 5.91 Å². The SMILES string of the molecule is CC(Nc1cc(C(N)=O)ccc1F)C(C)(C)O. The third kappa shape index (κ3) is 3.42. The summed E-state index contributed by atoms with van der Waals surface area (Å²) in [5.41, 5.74) is 4.47. The predicted octanol–water partition coefficient (Wildman–Crippen LogP) is 1.50. The van der Waals surface area contributed by atoms with Gasteiger partial charge in [-0.1, -0.05) is 0 Å². The molecule has 1 atom stereocenters. The van der Waals surface area contributed by atoms with E-state index in [9.17, 15) is 14.3 Å². The standard InChI is InChI=1S/C12H17FN2O2/c1-7(12(2,3)17)15-10-6-8(11(14)16)4-5-9(10)13/h4-7,15,17H,1-3H3,(H2,14,16). The molecular formula is C12H17FN2O2. The van der Waals surface area contributed by atoms with Gasteiger partial charge in [-0.05, 0) is 39.0 Å². The number of carbonyl (C=O) groups is 1. The minimum atomic E-state index is -1.00. The van der Waals surface area contributed by atoms with E-state index in [0.29, 0.717) is 0 Å². The number of hydrogen-bond donors (Lipinski definition) is 3. The van der Waals surface area contributed by atoms with E-state index in [1.165, 1.54) is 18.2 Å². The molecular weight excluding hydrogens is 223 g/mol. The van der Waals surface area contributed by atoms with Gasteiger partial charge < -0.3 is 16.2 Å². The van der Waals surface area contributed by atoms with Crippen molar-refractivity contribution in [2.45, 2.75) is 32.4 Å². The van der Waals surface area contributed by atoms with Crippen LogP contribution in [0, 0.1) is 5.82 Å². The summed E-state index contributed by atoms with van der Waals surface area (Å²) in [6.45, 7) is 4.94. The Hall–Kier alpha value is -1.62. The Kier molecular flexibility index (Phi) is 3.72. The average Bonchev–Trinajstić information content (AvgIpc) is 2.19. The molecule has 0 spiro atoms. The Labute approximate surface area is 99.6 Å². The maximum atomic E-state index is 13.5. The quantitative estimate of drug-likeness (QED) is 0.746. The molecule has 0 fully saturated rings. The first-order valence-corrected chi connectivity index (χ1v) is 5.30. The molecule has 17 heavy (non-hydrogen) atoms. The van der Waals surface area contributed by atoms with Crippen LogP contribution in [-0.2, 0) is 0 Å². The zero-order valence-electron chi connectivity index (χ0n) is 10.1. The molecule has 1 unspecified atom stereocenters. The number of nitrogens with one attached hydrogen (secondary N) is 1. The highest BCUT2D eigenvalue weighted by atomic mass is 19.1. The highest BCUT2D eigenvalue weighted by Gasteiger charge is 2.23. The van der Waals surface area contributed by atoms with E-state index in [1.54, 1.807) is 20.8 Å². The van der Waals surface area contributed by atoms with Crippen molar-refractivity contribution in [3.05, 3.63) is 29.6 Å². The molecule has 0 heterocycles. The lowest BCUT2D eigenvalue weighted by Gasteiger charge is -2.27. The second kappa shape index (κ2) is 4.71. The molecule has 0 bridgehead atoms. The minimum Gasteiger partial charge on any atom is -0.388 e. The van der Waals surface area contributed by atoms with Crippen molar-refractivity contribution >= 4 is 11.6 Å². The number of rotatable bonds is 4. The molecule has 1 rings (SSSR count). The topological polar surface area (TPSA) is 75.3 Å². The van der Waals surface area contributed by atoms with Gasteiger partial charge in [-0.15, -0.1) is 0 Å². The molecule has 0 aromatic heterocycles. The number of primary amides is 1. The summed E-state index contributed by atoms with van der Waals surface area (Å²) >= 11 is 0. The molecule has 0 saturated carbocycles. The van der Waals surface area contributed by atoms with E-state index in [1.807, 2.05) is 0 Å². The highest BCUT2D eigenvalue weighted by Crippen LogP contribution is 2.20. The van der Waals surface area contributed by atoms with E-state index in [4.69, 9.17) is 5.73 Å². The number of nitrogens with two attached hydrogens (primary N) is 1. The lowest BCUT2D eigenvalue weighted by Crippen LogP contribution is -2.39. The van der Waals surface area contributed by atoms with Gasteiger partial charge in [0.25, 0.3) is 0 Å². The zero-order chi connectivity index (χ0) is 13.2. The summed E-state index contributed by atoms with van der Waals surface area (Å²) in [6.07, 6.45) is 0. The van der Waals surface area contributed by atoms with Crippen LogP contribution < -0.4 is 11.1 Å². The fourth-order valence-corrected chi connectivity index (χ4v) is 1.20. The Morgan fingerprint density at radius 3 is 2.59 bits per heavy atom. The molecule has 0 aliphatic rings.